The van der Waals surface area contributed by atoms with Crippen molar-refractivity contribution in [2.45, 2.75) is 12.2 Å². The maximum Gasteiger partial charge on any atom is 0.335 e. The number of carbonyl (C=O) groups is 1. The number of carboxylic acids is 1. The molecule has 0 aliphatic carbocycles. The summed E-state index contributed by atoms with van der Waals surface area (Å²) in [5.41, 5.74) is -0.335. The molecule has 0 aliphatic rings. The zero-order valence-electron chi connectivity index (χ0n) is 8.10. The third kappa shape index (κ3) is 2.78. The number of aliphatic hydroxyl groups is 2. The van der Waals surface area contributed by atoms with Crippen LogP contribution in [0, 0.1) is 5.82 Å². The molecule has 0 aliphatic heterocycles. The van der Waals surface area contributed by atoms with Crippen molar-refractivity contribution in [3.05, 3.63) is 35.1 Å². The molecule has 0 fully saturated rings. The Bertz CT molecular complexity index is 396. The molecule has 2 unspecified atom stereocenters. The smallest absolute Gasteiger partial charge is 0.335 e. The summed E-state index contributed by atoms with van der Waals surface area (Å²) in [6, 6.07) is 3.13. The molecule has 1 aromatic rings. The minimum Gasteiger partial charge on any atom is -0.478 e. The topological polar surface area (TPSA) is 77.8 Å². The van der Waals surface area contributed by atoms with Crippen LogP contribution in [-0.4, -0.2) is 32.7 Å². The Morgan fingerprint density at radius 3 is 2.50 bits per heavy atom. The van der Waals surface area contributed by atoms with Gasteiger partial charge in [0.15, 0.2) is 0 Å². The number of benzene rings is 1. The standard InChI is InChI=1S/C10H10BrFO4/c11-4-8(13)9(14)6-2-1-5(10(15)16)3-7(6)12/h1-3,8-9,13-14H,4H2,(H,15,16). The lowest BCUT2D eigenvalue weighted by atomic mass is 10.0. The maximum atomic E-state index is 13.4. The number of halogens is 2. The summed E-state index contributed by atoms with van der Waals surface area (Å²) in [6.07, 6.45) is -2.53. The van der Waals surface area contributed by atoms with Crippen molar-refractivity contribution in [1.29, 1.82) is 0 Å². The predicted octanol–water partition coefficient (Wildman–Crippen LogP) is 1.31. The van der Waals surface area contributed by atoms with Gasteiger partial charge in [-0.3, -0.25) is 0 Å². The Balaban J connectivity index is 3.03. The second-order valence-corrected chi connectivity index (χ2v) is 3.86. The molecule has 6 heteroatoms. The van der Waals surface area contributed by atoms with Gasteiger partial charge in [0.2, 0.25) is 0 Å². The first-order valence-corrected chi connectivity index (χ1v) is 5.54. The lowest BCUT2D eigenvalue weighted by molar-refractivity contribution is 0.0319. The van der Waals surface area contributed by atoms with Crippen LogP contribution in [0.1, 0.15) is 22.0 Å². The van der Waals surface area contributed by atoms with Gasteiger partial charge in [-0.25, -0.2) is 9.18 Å². The van der Waals surface area contributed by atoms with Crippen LogP contribution in [0.25, 0.3) is 0 Å². The lowest BCUT2D eigenvalue weighted by Crippen LogP contribution is -2.20. The number of aromatic carboxylic acids is 1. The van der Waals surface area contributed by atoms with Gasteiger partial charge in [-0.1, -0.05) is 22.0 Å². The Morgan fingerprint density at radius 1 is 1.44 bits per heavy atom. The molecule has 0 saturated carbocycles. The van der Waals surface area contributed by atoms with Gasteiger partial charge in [-0.2, -0.15) is 0 Å². The van der Waals surface area contributed by atoms with Crippen LogP contribution in [0.4, 0.5) is 4.39 Å². The highest BCUT2D eigenvalue weighted by Gasteiger charge is 2.21. The average molecular weight is 293 g/mol. The highest BCUT2D eigenvalue weighted by molar-refractivity contribution is 9.09. The fourth-order valence-corrected chi connectivity index (χ4v) is 1.55. The zero-order chi connectivity index (χ0) is 12.3. The van der Waals surface area contributed by atoms with E-state index in [1.807, 2.05) is 0 Å². The van der Waals surface area contributed by atoms with Crippen LogP contribution >= 0.6 is 15.9 Å². The molecule has 88 valence electrons. The van der Waals surface area contributed by atoms with Crippen LogP contribution in [0.5, 0.6) is 0 Å². The highest BCUT2D eigenvalue weighted by Crippen LogP contribution is 2.22. The molecule has 3 N–H and O–H groups in total. The van der Waals surface area contributed by atoms with Crippen LogP contribution < -0.4 is 0 Å². The van der Waals surface area contributed by atoms with E-state index in [2.05, 4.69) is 15.9 Å². The summed E-state index contributed by atoms with van der Waals surface area (Å²) >= 11 is 2.95. The fourth-order valence-electron chi connectivity index (χ4n) is 1.19. The second-order valence-electron chi connectivity index (χ2n) is 3.21. The zero-order valence-corrected chi connectivity index (χ0v) is 9.69. The van der Waals surface area contributed by atoms with E-state index in [0.717, 1.165) is 12.1 Å². The molecule has 0 bridgehead atoms. The highest BCUT2D eigenvalue weighted by atomic mass is 79.9. The van der Waals surface area contributed by atoms with Gasteiger partial charge in [0.1, 0.15) is 11.9 Å². The molecule has 4 nitrogen and oxygen atoms in total. The lowest BCUT2D eigenvalue weighted by Gasteiger charge is -2.16. The van der Waals surface area contributed by atoms with Gasteiger partial charge in [-0.15, -0.1) is 0 Å². The Hall–Kier alpha value is -0.980. The van der Waals surface area contributed by atoms with E-state index in [9.17, 15) is 19.4 Å². The molecule has 16 heavy (non-hydrogen) atoms. The second kappa shape index (κ2) is 5.38. The Morgan fingerprint density at radius 2 is 2.06 bits per heavy atom. The first-order chi connectivity index (χ1) is 7.47. The number of alkyl halides is 1. The fraction of sp³-hybridized carbons (Fsp3) is 0.300. The largest absolute Gasteiger partial charge is 0.478 e. The van der Waals surface area contributed by atoms with Gasteiger partial charge >= 0.3 is 5.97 Å². The summed E-state index contributed by atoms with van der Waals surface area (Å²) in [5, 5.41) is 27.5. The van der Waals surface area contributed by atoms with E-state index in [4.69, 9.17) is 5.11 Å². The molecule has 0 spiro atoms. The van der Waals surface area contributed by atoms with Gasteiger partial charge in [0, 0.05) is 10.9 Å². The van der Waals surface area contributed by atoms with Gasteiger partial charge in [-0.05, 0) is 12.1 Å². The molecule has 0 aromatic heterocycles. The molecule has 0 saturated heterocycles. The summed E-state index contributed by atoms with van der Waals surface area (Å²) in [4.78, 5) is 10.5. The minimum atomic E-state index is -1.39. The van der Waals surface area contributed by atoms with E-state index in [1.54, 1.807) is 0 Å². The number of hydrogen-bond acceptors (Lipinski definition) is 3. The number of carboxylic acid groups (broad SMARTS) is 1. The molecule has 0 heterocycles. The Kier molecular flexibility index (Phi) is 4.40. The van der Waals surface area contributed by atoms with Crippen molar-refractivity contribution >= 4 is 21.9 Å². The molecule has 2 atom stereocenters. The molecule has 1 aromatic carbocycles. The molecule has 1 rings (SSSR count). The SMILES string of the molecule is O=C(O)c1ccc(C(O)C(O)CBr)c(F)c1. The maximum absolute atomic E-state index is 13.4. The summed E-state index contributed by atoms with van der Waals surface area (Å²) in [7, 11) is 0. The van der Waals surface area contributed by atoms with Gasteiger partial charge in [0.05, 0.1) is 11.7 Å². The van der Waals surface area contributed by atoms with Gasteiger partial charge in [0.25, 0.3) is 0 Å². The van der Waals surface area contributed by atoms with Crippen LogP contribution in [0.3, 0.4) is 0 Å². The molecule has 0 amide bonds. The number of rotatable bonds is 4. The van der Waals surface area contributed by atoms with Gasteiger partial charge < -0.3 is 15.3 Å². The molecular formula is C10H10BrFO4. The van der Waals surface area contributed by atoms with Crippen LogP contribution in [0.15, 0.2) is 18.2 Å². The monoisotopic (exact) mass is 292 g/mol. The predicted molar refractivity (Wildman–Crippen MR) is 58.1 cm³/mol. The van der Waals surface area contributed by atoms with E-state index >= 15 is 0 Å². The van der Waals surface area contributed by atoms with Crippen molar-refractivity contribution in [2.75, 3.05) is 5.33 Å². The van der Waals surface area contributed by atoms with E-state index < -0.39 is 24.0 Å². The van der Waals surface area contributed by atoms with Crippen LogP contribution in [-0.2, 0) is 0 Å². The minimum absolute atomic E-state index is 0.0916. The normalized spacial score (nSPS) is 14.5. The summed E-state index contributed by atoms with van der Waals surface area (Å²) in [6.45, 7) is 0. The van der Waals surface area contributed by atoms with E-state index in [1.165, 1.54) is 6.07 Å². The quantitative estimate of drug-likeness (QED) is 0.732. The van der Waals surface area contributed by atoms with E-state index in [0.29, 0.717) is 0 Å². The van der Waals surface area contributed by atoms with Crippen molar-refractivity contribution in [1.82, 2.24) is 0 Å². The Labute approximate surface area is 99.5 Å². The number of aliphatic hydroxyl groups excluding tert-OH is 2. The van der Waals surface area contributed by atoms with Crippen molar-refractivity contribution < 1.29 is 24.5 Å². The first kappa shape index (κ1) is 13.1. The van der Waals surface area contributed by atoms with Crippen molar-refractivity contribution in [3.63, 3.8) is 0 Å². The molecule has 0 radical (unpaired) electrons. The third-order valence-corrected chi connectivity index (χ3v) is 2.75. The first-order valence-electron chi connectivity index (χ1n) is 4.42. The van der Waals surface area contributed by atoms with E-state index in [-0.39, 0.29) is 16.5 Å². The molecular weight excluding hydrogens is 283 g/mol. The third-order valence-electron chi connectivity index (χ3n) is 2.09. The summed E-state index contributed by atoms with van der Waals surface area (Å²) < 4.78 is 13.4. The van der Waals surface area contributed by atoms with Crippen LogP contribution in [0.2, 0.25) is 0 Å². The summed E-state index contributed by atoms with van der Waals surface area (Å²) in [5.74, 6) is -2.10. The number of hydrogen-bond donors (Lipinski definition) is 3. The average Bonchev–Trinajstić information content (AvgIpc) is 2.26. The van der Waals surface area contributed by atoms with Crippen molar-refractivity contribution in [3.8, 4) is 0 Å². The van der Waals surface area contributed by atoms with Crippen molar-refractivity contribution in [2.24, 2.45) is 0 Å².